The molecule has 1 aliphatic heterocycles. The van der Waals surface area contributed by atoms with Gasteiger partial charge in [-0.25, -0.2) is 15.0 Å². The third-order valence-corrected chi connectivity index (χ3v) is 6.22. The molecule has 1 saturated heterocycles. The van der Waals surface area contributed by atoms with Crippen LogP contribution in [-0.4, -0.2) is 48.2 Å². The molecule has 1 aromatic carbocycles. The molecule has 4 rings (SSSR count). The van der Waals surface area contributed by atoms with E-state index < -0.39 is 0 Å². The lowest BCUT2D eigenvalue weighted by Gasteiger charge is -2.22. The third kappa shape index (κ3) is 4.35. The van der Waals surface area contributed by atoms with Gasteiger partial charge < -0.3 is 20.9 Å². The fourth-order valence-electron chi connectivity index (χ4n) is 3.52. The summed E-state index contributed by atoms with van der Waals surface area (Å²) in [4.78, 5) is 16.8. The van der Waals surface area contributed by atoms with Gasteiger partial charge in [0.2, 0.25) is 5.95 Å². The van der Waals surface area contributed by atoms with Gasteiger partial charge in [-0.1, -0.05) is 17.4 Å². The number of quaternary nitrogens is 1. The summed E-state index contributed by atoms with van der Waals surface area (Å²) in [7, 11) is 1.83. The topological polar surface area (TPSA) is 106 Å². The molecule has 9 heteroatoms. The van der Waals surface area contributed by atoms with E-state index in [-0.39, 0.29) is 0 Å². The molecule has 0 saturated carbocycles. The summed E-state index contributed by atoms with van der Waals surface area (Å²) in [5, 5.41) is 19.0. The molecule has 0 spiro atoms. The molecule has 0 amide bonds. The maximum Gasteiger partial charge on any atom is 0.227 e. The van der Waals surface area contributed by atoms with Gasteiger partial charge in [0.1, 0.15) is 11.8 Å². The largest absolute Gasteiger partial charge is 0.366 e. The Morgan fingerprint density at radius 1 is 1.23 bits per heavy atom. The van der Waals surface area contributed by atoms with Crippen molar-refractivity contribution in [3.63, 3.8) is 0 Å². The Kier molecular flexibility index (Phi) is 6.07. The Bertz CT molecular complexity index is 1060. The van der Waals surface area contributed by atoms with Gasteiger partial charge in [0.15, 0.2) is 5.13 Å². The number of nitriles is 1. The van der Waals surface area contributed by atoms with Crippen molar-refractivity contribution in [3.8, 4) is 16.6 Å². The summed E-state index contributed by atoms with van der Waals surface area (Å²) in [6.07, 6.45) is 2.75. The number of anilines is 4. The fraction of sp³-hybridized carbons (Fsp3) is 0.333. The highest BCUT2D eigenvalue weighted by Gasteiger charge is 2.17. The van der Waals surface area contributed by atoms with Crippen LogP contribution in [0.25, 0.3) is 10.6 Å². The van der Waals surface area contributed by atoms with Crippen LogP contribution in [0.5, 0.6) is 0 Å². The van der Waals surface area contributed by atoms with E-state index in [1.165, 1.54) is 30.0 Å². The second kappa shape index (κ2) is 9.07. The molecule has 0 bridgehead atoms. The van der Waals surface area contributed by atoms with Crippen LogP contribution in [0.15, 0.2) is 30.5 Å². The number of nitrogens with zero attached hydrogens (tertiary/aromatic N) is 5. The zero-order chi connectivity index (χ0) is 20.9. The highest BCUT2D eigenvalue weighted by atomic mass is 32.1. The molecule has 154 valence electrons. The van der Waals surface area contributed by atoms with Gasteiger partial charge in [0.25, 0.3) is 0 Å². The smallest absolute Gasteiger partial charge is 0.227 e. The lowest BCUT2D eigenvalue weighted by Crippen LogP contribution is -2.84. The van der Waals surface area contributed by atoms with E-state index in [1.807, 2.05) is 26.1 Å². The molecule has 8 nitrogen and oxygen atoms in total. The molecule has 1 fully saturated rings. The normalized spacial score (nSPS) is 14.1. The molecular formula is C21H25N8S+. The molecule has 3 aromatic rings. The van der Waals surface area contributed by atoms with Crippen molar-refractivity contribution >= 4 is 33.8 Å². The van der Waals surface area contributed by atoms with Crippen LogP contribution in [0.1, 0.15) is 17.7 Å². The Balaban J connectivity index is 1.62. The van der Waals surface area contributed by atoms with Gasteiger partial charge in [-0.2, -0.15) is 5.26 Å². The number of aromatic nitrogens is 3. The highest BCUT2D eigenvalue weighted by molar-refractivity contribution is 7.19. The van der Waals surface area contributed by atoms with Gasteiger partial charge in [-0.05, 0) is 25.1 Å². The number of thiazole rings is 1. The van der Waals surface area contributed by atoms with Crippen LogP contribution >= 0.6 is 11.3 Å². The standard InChI is InChI=1S/C21H24N8S/c1-14-19(30-21(23-2)26-14)18-15(12-22)13-25-20(28-18)27-16-5-3-6-17(11-16)29-9-4-7-24-8-10-29/h3,5-6,11,13,24H,4,7-10H2,1-2H3,(H,23,26)(H,25,27,28)/p+1. The average Bonchev–Trinajstić information content (AvgIpc) is 2.96. The second-order valence-electron chi connectivity index (χ2n) is 7.13. The molecule has 4 N–H and O–H groups in total. The first kappa shape index (κ1) is 20.1. The van der Waals surface area contributed by atoms with E-state index in [1.54, 1.807) is 6.20 Å². The SMILES string of the molecule is CNc1nc(C)c(-c2nc(Nc3cccc(N4CCC[NH2+]CC4)c3)ncc2C#N)s1. The van der Waals surface area contributed by atoms with Crippen molar-refractivity contribution in [2.75, 3.05) is 48.8 Å². The highest BCUT2D eigenvalue weighted by Crippen LogP contribution is 2.34. The maximum absolute atomic E-state index is 9.53. The number of hydrogen-bond donors (Lipinski definition) is 3. The Hall–Kier alpha value is -3.22. The lowest BCUT2D eigenvalue weighted by atomic mass is 10.2. The van der Waals surface area contributed by atoms with E-state index in [9.17, 15) is 5.26 Å². The van der Waals surface area contributed by atoms with Gasteiger partial charge in [-0.15, -0.1) is 0 Å². The number of hydrogen-bond acceptors (Lipinski definition) is 8. The summed E-state index contributed by atoms with van der Waals surface area (Å²) in [5.74, 6) is 0.462. The number of benzene rings is 1. The maximum atomic E-state index is 9.53. The van der Waals surface area contributed by atoms with Crippen molar-refractivity contribution in [3.05, 3.63) is 41.7 Å². The molecule has 0 aliphatic carbocycles. The summed E-state index contributed by atoms with van der Waals surface area (Å²) in [6.45, 7) is 6.32. The number of nitrogens with two attached hydrogens (primary N) is 1. The predicted molar refractivity (Wildman–Crippen MR) is 120 cm³/mol. The second-order valence-corrected chi connectivity index (χ2v) is 8.13. The molecule has 1 aliphatic rings. The Morgan fingerprint density at radius 2 is 2.13 bits per heavy atom. The van der Waals surface area contributed by atoms with Crippen LogP contribution in [0, 0.1) is 18.3 Å². The van der Waals surface area contributed by atoms with E-state index >= 15 is 0 Å². The minimum atomic E-state index is 0.435. The quantitative estimate of drug-likeness (QED) is 0.580. The van der Waals surface area contributed by atoms with Crippen LogP contribution in [0.2, 0.25) is 0 Å². The molecule has 3 heterocycles. The molecule has 0 radical (unpaired) electrons. The van der Waals surface area contributed by atoms with E-state index in [4.69, 9.17) is 0 Å². The Morgan fingerprint density at radius 3 is 2.93 bits per heavy atom. The van der Waals surface area contributed by atoms with Gasteiger partial charge in [0.05, 0.1) is 42.0 Å². The van der Waals surface area contributed by atoms with E-state index in [0.29, 0.717) is 17.2 Å². The first-order valence-electron chi connectivity index (χ1n) is 10.0. The van der Waals surface area contributed by atoms with Gasteiger partial charge >= 0.3 is 0 Å². The monoisotopic (exact) mass is 421 g/mol. The van der Waals surface area contributed by atoms with E-state index in [0.717, 1.165) is 41.0 Å². The number of nitrogens with one attached hydrogen (secondary N) is 2. The predicted octanol–water partition coefficient (Wildman–Crippen LogP) is 2.34. The Labute approximate surface area is 180 Å². The average molecular weight is 422 g/mol. The first-order valence-corrected chi connectivity index (χ1v) is 10.9. The molecule has 30 heavy (non-hydrogen) atoms. The lowest BCUT2D eigenvalue weighted by molar-refractivity contribution is -0.650. The summed E-state index contributed by atoms with van der Waals surface area (Å²) < 4.78 is 0. The van der Waals surface area contributed by atoms with Crippen molar-refractivity contribution < 1.29 is 5.32 Å². The molecule has 0 unspecified atom stereocenters. The van der Waals surface area contributed by atoms with Crippen molar-refractivity contribution in [1.29, 1.82) is 5.26 Å². The number of aryl methyl sites for hydroxylation is 1. The van der Waals surface area contributed by atoms with Crippen LogP contribution in [0.4, 0.5) is 22.5 Å². The molecule has 2 aromatic heterocycles. The zero-order valence-electron chi connectivity index (χ0n) is 17.1. The van der Waals surface area contributed by atoms with Crippen LogP contribution < -0.4 is 20.9 Å². The van der Waals surface area contributed by atoms with Gasteiger partial charge in [-0.3, -0.25) is 0 Å². The van der Waals surface area contributed by atoms with Crippen molar-refractivity contribution in [1.82, 2.24) is 15.0 Å². The van der Waals surface area contributed by atoms with Crippen molar-refractivity contribution in [2.45, 2.75) is 13.3 Å². The minimum Gasteiger partial charge on any atom is -0.366 e. The first-order chi connectivity index (χ1) is 14.7. The fourth-order valence-corrected chi connectivity index (χ4v) is 4.44. The number of rotatable bonds is 5. The van der Waals surface area contributed by atoms with E-state index in [2.05, 4.69) is 54.0 Å². The van der Waals surface area contributed by atoms with Crippen molar-refractivity contribution in [2.24, 2.45) is 0 Å². The van der Waals surface area contributed by atoms with Gasteiger partial charge in [0, 0.05) is 31.4 Å². The zero-order valence-corrected chi connectivity index (χ0v) is 18.0. The van der Waals surface area contributed by atoms with Crippen LogP contribution in [-0.2, 0) is 0 Å². The summed E-state index contributed by atoms with van der Waals surface area (Å²) in [6, 6.07) is 10.5. The molecule has 0 atom stereocenters. The summed E-state index contributed by atoms with van der Waals surface area (Å²) >= 11 is 1.48. The minimum absolute atomic E-state index is 0.435. The third-order valence-electron chi connectivity index (χ3n) is 5.04. The van der Waals surface area contributed by atoms with Crippen LogP contribution in [0.3, 0.4) is 0 Å². The molecular weight excluding hydrogens is 396 g/mol. The summed E-state index contributed by atoms with van der Waals surface area (Å²) in [5.41, 5.74) is 4.00.